The summed E-state index contributed by atoms with van der Waals surface area (Å²) in [7, 11) is 1.83. The number of aromatic nitrogens is 4. The number of pyridine rings is 1. The molecule has 1 aliphatic heterocycles. The van der Waals surface area contributed by atoms with Crippen LogP contribution in [-0.2, 0) is 20.0 Å². The van der Waals surface area contributed by atoms with E-state index in [1.54, 1.807) is 21.8 Å². The fraction of sp³-hybridized carbons (Fsp3) is 0.333. The first-order chi connectivity index (χ1) is 12.0. The number of aryl methyl sites for hydroxylation is 2. The molecular weight excluding hydrogens is 318 g/mol. The lowest BCUT2D eigenvalue weighted by Gasteiger charge is -2.28. The molecule has 0 saturated heterocycles. The van der Waals surface area contributed by atoms with Crippen LogP contribution in [0, 0.1) is 13.8 Å². The standard InChI is InChI=1S/C18H19N5O2/c1-11-16(12(2)21(3)20-11)18(25)22-9-7-14-13(10-22)17(24)23-8-5-4-6-15(23)19-14/h4-6,8H,7,9-10H2,1-3H3. The second-order valence-electron chi connectivity index (χ2n) is 6.42. The maximum absolute atomic E-state index is 13.0. The number of rotatable bonds is 1. The monoisotopic (exact) mass is 337 g/mol. The Labute approximate surface area is 144 Å². The van der Waals surface area contributed by atoms with Crippen LogP contribution in [-0.4, -0.2) is 36.5 Å². The Balaban J connectivity index is 1.75. The molecular formula is C18H19N5O2. The van der Waals surface area contributed by atoms with Crippen LogP contribution in [0.25, 0.3) is 5.65 Å². The van der Waals surface area contributed by atoms with Crippen molar-refractivity contribution < 1.29 is 4.79 Å². The quantitative estimate of drug-likeness (QED) is 0.670. The molecule has 0 aromatic carbocycles. The van der Waals surface area contributed by atoms with E-state index in [4.69, 9.17) is 0 Å². The van der Waals surface area contributed by atoms with Crippen molar-refractivity contribution >= 4 is 11.6 Å². The molecule has 25 heavy (non-hydrogen) atoms. The van der Waals surface area contributed by atoms with Crippen LogP contribution in [0.4, 0.5) is 0 Å². The first-order valence-corrected chi connectivity index (χ1v) is 8.26. The van der Waals surface area contributed by atoms with Gasteiger partial charge in [-0.15, -0.1) is 0 Å². The van der Waals surface area contributed by atoms with E-state index in [0.29, 0.717) is 35.4 Å². The van der Waals surface area contributed by atoms with Gasteiger partial charge in [0, 0.05) is 31.9 Å². The van der Waals surface area contributed by atoms with E-state index >= 15 is 0 Å². The molecule has 3 aromatic heterocycles. The van der Waals surface area contributed by atoms with Gasteiger partial charge in [0.25, 0.3) is 11.5 Å². The molecule has 4 heterocycles. The van der Waals surface area contributed by atoms with Crippen LogP contribution in [0.15, 0.2) is 29.2 Å². The summed E-state index contributed by atoms with van der Waals surface area (Å²) in [5.74, 6) is -0.0775. The molecule has 3 aromatic rings. The summed E-state index contributed by atoms with van der Waals surface area (Å²) in [6, 6.07) is 5.49. The van der Waals surface area contributed by atoms with Gasteiger partial charge in [-0.05, 0) is 26.0 Å². The third kappa shape index (κ3) is 2.34. The van der Waals surface area contributed by atoms with Crippen LogP contribution < -0.4 is 5.56 Å². The lowest BCUT2D eigenvalue weighted by atomic mass is 10.0. The highest BCUT2D eigenvalue weighted by atomic mass is 16.2. The second kappa shape index (κ2) is 5.54. The van der Waals surface area contributed by atoms with Gasteiger partial charge in [-0.1, -0.05) is 6.07 Å². The number of hydrogen-bond acceptors (Lipinski definition) is 4. The third-order valence-electron chi connectivity index (χ3n) is 4.89. The molecule has 1 amide bonds. The summed E-state index contributed by atoms with van der Waals surface area (Å²) in [4.78, 5) is 32.1. The molecule has 1 aliphatic rings. The summed E-state index contributed by atoms with van der Waals surface area (Å²) in [6.07, 6.45) is 2.29. The third-order valence-corrected chi connectivity index (χ3v) is 4.89. The van der Waals surface area contributed by atoms with Crippen LogP contribution in [0.2, 0.25) is 0 Å². The van der Waals surface area contributed by atoms with Gasteiger partial charge in [-0.25, -0.2) is 4.98 Å². The smallest absolute Gasteiger partial charge is 0.263 e. The topological polar surface area (TPSA) is 72.5 Å². The van der Waals surface area contributed by atoms with Gasteiger partial charge in [0.15, 0.2) is 0 Å². The van der Waals surface area contributed by atoms with Crippen molar-refractivity contribution in [2.24, 2.45) is 7.05 Å². The van der Waals surface area contributed by atoms with Crippen molar-refractivity contribution in [1.29, 1.82) is 0 Å². The van der Waals surface area contributed by atoms with Crippen molar-refractivity contribution in [3.63, 3.8) is 0 Å². The van der Waals surface area contributed by atoms with Crippen LogP contribution >= 0.6 is 0 Å². The predicted molar refractivity (Wildman–Crippen MR) is 92.6 cm³/mol. The van der Waals surface area contributed by atoms with Crippen LogP contribution in [0.1, 0.15) is 33.0 Å². The van der Waals surface area contributed by atoms with E-state index in [0.717, 1.165) is 11.4 Å². The number of fused-ring (bicyclic) bond motifs is 2. The molecule has 0 radical (unpaired) electrons. The normalized spacial score (nSPS) is 14.0. The molecule has 4 rings (SSSR count). The number of carbonyl (C=O) groups is 1. The fourth-order valence-electron chi connectivity index (χ4n) is 3.46. The molecule has 128 valence electrons. The Morgan fingerprint density at radius 3 is 2.76 bits per heavy atom. The van der Waals surface area contributed by atoms with E-state index in [1.165, 1.54) is 4.40 Å². The van der Waals surface area contributed by atoms with Crippen molar-refractivity contribution in [3.8, 4) is 0 Å². The zero-order valence-electron chi connectivity index (χ0n) is 14.5. The van der Waals surface area contributed by atoms with Crippen molar-refractivity contribution in [2.75, 3.05) is 6.54 Å². The highest BCUT2D eigenvalue weighted by Crippen LogP contribution is 2.20. The lowest BCUT2D eigenvalue weighted by Crippen LogP contribution is -2.40. The Morgan fingerprint density at radius 2 is 2.04 bits per heavy atom. The van der Waals surface area contributed by atoms with Crippen LogP contribution in [0.3, 0.4) is 0 Å². The molecule has 0 saturated carbocycles. The molecule has 7 nitrogen and oxygen atoms in total. The van der Waals surface area contributed by atoms with Gasteiger partial charge >= 0.3 is 0 Å². The first kappa shape index (κ1) is 15.6. The van der Waals surface area contributed by atoms with Crippen molar-refractivity contribution in [3.05, 3.63) is 63.0 Å². The molecule has 0 atom stereocenters. The van der Waals surface area contributed by atoms with E-state index in [9.17, 15) is 9.59 Å². The minimum atomic E-state index is -0.0993. The number of amides is 1. The average Bonchev–Trinajstić information content (AvgIpc) is 2.86. The maximum Gasteiger partial charge on any atom is 0.263 e. The summed E-state index contributed by atoms with van der Waals surface area (Å²) >= 11 is 0. The van der Waals surface area contributed by atoms with E-state index in [-0.39, 0.29) is 18.0 Å². The zero-order valence-corrected chi connectivity index (χ0v) is 14.5. The number of nitrogens with zero attached hydrogens (tertiary/aromatic N) is 5. The van der Waals surface area contributed by atoms with Gasteiger partial charge < -0.3 is 4.90 Å². The van der Waals surface area contributed by atoms with Crippen LogP contribution in [0.5, 0.6) is 0 Å². The zero-order chi connectivity index (χ0) is 17.7. The largest absolute Gasteiger partial charge is 0.334 e. The molecule has 0 aliphatic carbocycles. The highest BCUT2D eigenvalue weighted by molar-refractivity contribution is 5.96. The first-order valence-electron chi connectivity index (χ1n) is 8.26. The highest BCUT2D eigenvalue weighted by Gasteiger charge is 2.28. The van der Waals surface area contributed by atoms with Crippen molar-refractivity contribution in [2.45, 2.75) is 26.8 Å². The summed E-state index contributed by atoms with van der Waals surface area (Å²) in [5, 5.41) is 4.32. The summed E-state index contributed by atoms with van der Waals surface area (Å²) in [5.41, 5.74) is 4.11. The van der Waals surface area contributed by atoms with Gasteiger partial charge in [0.1, 0.15) is 5.65 Å². The SMILES string of the molecule is Cc1nn(C)c(C)c1C(=O)N1CCc2nc3ccccn3c(=O)c2C1. The van der Waals surface area contributed by atoms with Gasteiger partial charge in [0.05, 0.1) is 29.1 Å². The molecule has 0 fully saturated rings. The van der Waals surface area contributed by atoms with Gasteiger partial charge in [-0.2, -0.15) is 5.10 Å². The van der Waals surface area contributed by atoms with Gasteiger partial charge in [-0.3, -0.25) is 18.7 Å². The molecule has 0 spiro atoms. The molecule has 0 bridgehead atoms. The Bertz CT molecular complexity index is 1060. The number of carbonyl (C=O) groups excluding carboxylic acids is 1. The number of hydrogen-bond donors (Lipinski definition) is 0. The van der Waals surface area contributed by atoms with E-state index < -0.39 is 0 Å². The van der Waals surface area contributed by atoms with Crippen molar-refractivity contribution in [1.82, 2.24) is 24.1 Å². The average molecular weight is 337 g/mol. The maximum atomic E-state index is 13.0. The minimum absolute atomic E-state index is 0.0775. The Morgan fingerprint density at radius 1 is 1.24 bits per heavy atom. The fourth-order valence-corrected chi connectivity index (χ4v) is 3.46. The lowest BCUT2D eigenvalue weighted by molar-refractivity contribution is 0.0731. The molecule has 0 N–H and O–H groups in total. The molecule has 0 unspecified atom stereocenters. The summed E-state index contributed by atoms with van der Waals surface area (Å²) < 4.78 is 3.25. The Kier molecular flexibility index (Phi) is 3.45. The molecule has 7 heteroatoms. The summed E-state index contributed by atoms with van der Waals surface area (Å²) in [6.45, 7) is 4.55. The minimum Gasteiger partial charge on any atom is -0.334 e. The van der Waals surface area contributed by atoms with E-state index in [2.05, 4.69) is 10.1 Å². The Hall–Kier alpha value is -2.96. The predicted octanol–water partition coefficient (Wildman–Crippen LogP) is 1.24. The van der Waals surface area contributed by atoms with Gasteiger partial charge in [0.2, 0.25) is 0 Å². The second-order valence-corrected chi connectivity index (χ2v) is 6.42. The van der Waals surface area contributed by atoms with E-state index in [1.807, 2.05) is 33.0 Å².